The number of carbonyl (C=O) groups excluding carboxylic acids is 3. The van der Waals surface area contributed by atoms with E-state index in [0.717, 1.165) is 29.5 Å². The van der Waals surface area contributed by atoms with Gasteiger partial charge < -0.3 is 20.1 Å². The second kappa shape index (κ2) is 27.8. The molecule has 6 aromatic rings. The summed E-state index contributed by atoms with van der Waals surface area (Å²) >= 11 is 0. The molecule has 370 valence electrons. The van der Waals surface area contributed by atoms with Gasteiger partial charge in [0.25, 0.3) is 5.91 Å². The standard InChI is InChI=1S/C58H73N7O5/c1-2-3-4-5-6-7-8-9-10-11-12-13-14-15-16-29-40-59-51(66)38-39-53(67)69-43-50-41-64(58(47-32-23-18-24-33-47,48-34-25-19-26-35-48)49-36-27-20-28-37-49)42-52(70-50)65-45-62-54-55(60-44-61-56(54)65)63-57(68)46-30-21-17-22-31-46/h17-28,30-37,44-45,50,52H,2-16,29,38-43H2,1H3,(H,59,66)(H,60,61,63,68)/t50-,52+/m0/s1. The molecule has 7 rings (SSSR count). The minimum Gasteiger partial charge on any atom is -0.463 e. The molecule has 70 heavy (non-hydrogen) atoms. The van der Waals surface area contributed by atoms with Gasteiger partial charge in [-0.05, 0) is 35.2 Å². The molecule has 2 aromatic heterocycles. The van der Waals surface area contributed by atoms with Crippen LogP contribution < -0.4 is 10.6 Å². The summed E-state index contributed by atoms with van der Waals surface area (Å²) in [6.07, 6.45) is 22.7. The molecule has 1 saturated heterocycles. The summed E-state index contributed by atoms with van der Waals surface area (Å²) in [5, 5.41) is 5.91. The maximum Gasteiger partial charge on any atom is 0.306 e. The van der Waals surface area contributed by atoms with Crippen molar-refractivity contribution < 1.29 is 23.9 Å². The quantitative estimate of drug-likeness (QED) is 0.0267. The average Bonchev–Trinajstić information content (AvgIpc) is 3.85. The third-order valence-electron chi connectivity index (χ3n) is 13.5. The SMILES string of the molecule is CCCCCCCCCCCCCCCCCCNC(=O)CCC(=O)OC[C@@H]1CN(C(c2ccccc2)(c2ccccc2)c2ccccc2)C[C@H](n2cnc3c(NC(=O)c4ccccc4)ncnc32)O1. The lowest BCUT2D eigenvalue weighted by atomic mass is 9.75. The number of amides is 2. The molecular formula is C58H73N7O5. The molecule has 2 atom stereocenters. The maximum absolute atomic E-state index is 13.3. The van der Waals surface area contributed by atoms with Crippen molar-refractivity contribution in [1.29, 1.82) is 0 Å². The van der Waals surface area contributed by atoms with E-state index >= 15 is 0 Å². The molecule has 0 spiro atoms. The number of unbranched alkanes of at least 4 members (excludes halogenated alkanes) is 15. The Balaban J connectivity index is 0.969. The van der Waals surface area contributed by atoms with Crippen LogP contribution in [0.3, 0.4) is 0 Å². The van der Waals surface area contributed by atoms with Crippen molar-refractivity contribution in [3.8, 4) is 0 Å². The molecule has 0 bridgehead atoms. The van der Waals surface area contributed by atoms with Crippen LogP contribution in [-0.4, -0.2) is 74.5 Å². The number of rotatable bonds is 29. The van der Waals surface area contributed by atoms with Gasteiger partial charge in [-0.2, -0.15) is 0 Å². The number of carbonyl (C=O) groups is 3. The maximum atomic E-state index is 13.3. The number of benzene rings is 4. The lowest BCUT2D eigenvalue weighted by Crippen LogP contribution is -2.57. The highest BCUT2D eigenvalue weighted by Crippen LogP contribution is 2.45. The second-order valence-corrected chi connectivity index (χ2v) is 18.6. The molecule has 1 fully saturated rings. The summed E-state index contributed by atoms with van der Waals surface area (Å²) in [4.78, 5) is 55.5. The smallest absolute Gasteiger partial charge is 0.306 e. The first kappa shape index (κ1) is 51.6. The van der Waals surface area contributed by atoms with E-state index in [-0.39, 0.29) is 37.1 Å². The van der Waals surface area contributed by atoms with Crippen LogP contribution in [0.2, 0.25) is 0 Å². The third-order valence-corrected chi connectivity index (χ3v) is 13.5. The fourth-order valence-electron chi connectivity index (χ4n) is 9.81. The zero-order valence-corrected chi connectivity index (χ0v) is 41.2. The zero-order chi connectivity index (χ0) is 48.6. The van der Waals surface area contributed by atoms with Gasteiger partial charge in [-0.25, -0.2) is 15.0 Å². The highest BCUT2D eigenvalue weighted by molar-refractivity contribution is 6.06. The Hall–Kier alpha value is -6.24. The lowest BCUT2D eigenvalue weighted by molar-refractivity contribution is -0.169. The van der Waals surface area contributed by atoms with E-state index in [2.05, 4.69) is 105 Å². The van der Waals surface area contributed by atoms with Gasteiger partial charge in [0.15, 0.2) is 17.0 Å². The van der Waals surface area contributed by atoms with Crippen LogP contribution in [0.5, 0.6) is 0 Å². The number of hydrogen-bond acceptors (Lipinski definition) is 9. The summed E-state index contributed by atoms with van der Waals surface area (Å²) in [5.41, 5.74) is 3.72. The number of hydrogen-bond donors (Lipinski definition) is 2. The topological polar surface area (TPSA) is 141 Å². The highest BCUT2D eigenvalue weighted by Gasteiger charge is 2.47. The second-order valence-electron chi connectivity index (χ2n) is 18.6. The van der Waals surface area contributed by atoms with Gasteiger partial charge in [0, 0.05) is 31.6 Å². The van der Waals surface area contributed by atoms with Crippen LogP contribution >= 0.6 is 0 Å². The van der Waals surface area contributed by atoms with Crippen LogP contribution in [0.4, 0.5) is 5.82 Å². The third kappa shape index (κ3) is 14.4. The van der Waals surface area contributed by atoms with Gasteiger partial charge in [0.05, 0.1) is 18.3 Å². The van der Waals surface area contributed by atoms with Gasteiger partial charge in [0.2, 0.25) is 5.91 Å². The Morgan fingerprint density at radius 1 is 0.629 bits per heavy atom. The molecule has 0 saturated carbocycles. The van der Waals surface area contributed by atoms with Crippen molar-refractivity contribution in [2.75, 3.05) is 31.6 Å². The Kier molecular flexibility index (Phi) is 20.5. The minimum atomic E-state index is -0.807. The van der Waals surface area contributed by atoms with Crippen molar-refractivity contribution in [1.82, 2.24) is 29.7 Å². The monoisotopic (exact) mass is 948 g/mol. The number of morpholine rings is 1. The van der Waals surface area contributed by atoms with Gasteiger partial charge in [-0.3, -0.25) is 23.9 Å². The van der Waals surface area contributed by atoms with E-state index in [9.17, 15) is 14.4 Å². The molecule has 0 unspecified atom stereocenters. The predicted molar refractivity (Wildman–Crippen MR) is 277 cm³/mol. The number of ether oxygens (including phenoxy) is 2. The van der Waals surface area contributed by atoms with Gasteiger partial charge in [-0.15, -0.1) is 0 Å². The molecular weight excluding hydrogens is 875 g/mol. The molecule has 4 aromatic carbocycles. The Morgan fingerprint density at radius 3 is 1.69 bits per heavy atom. The first-order valence-corrected chi connectivity index (χ1v) is 26.0. The number of fused-ring (bicyclic) bond motifs is 1. The number of aromatic nitrogens is 4. The molecule has 1 aliphatic rings. The summed E-state index contributed by atoms with van der Waals surface area (Å²) < 4.78 is 14.6. The highest BCUT2D eigenvalue weighted by atomic mass is 16.6. The number of esters is 1. The number of nitrogens with one attached hydrogen (secondary N) is 2. The van der Waals surface area contributed by atoms with Crippen LogP contribution in [-0.2, 0) is 24.6 Å². The number of anilines is 1. The van der Waals surface area contributed by atoms with E-state index in [4.69, 9.17) is 14.5 Å². The zero-order valence-electron chi connectivity index (χ0n) is 41.2. The first-order chi connectivity index (χ1) is 34.5. The van der Waals surface area contributed by atoms with Crippen LogP contribution in [0.1, 0.15) is 156 Å². The van der Waals surface area contributed by atoms with Crippen molar-refractivity contribution in [2.24, 2.45) is 0 Å². The van der Waals surface area contributed by atoms with Crippen LogP contribution in [0.25, 0.3) is 11.2 Å². The van der Waals surface area contributed by atoms with Crippen molar-refractivity contribution in [3.63, 3.8) is 0 Å². The average molecular weight is 948 g/mol. The Morgan fingerprint density at radius 2 is 1.14 bits per heavy atom. The molecule has 3 heterocycles. The van der Waals surface area contributed by atoms with Crippen LogP contribution in [0.15, 0.2) is 134 Å². The van der Waals surface area contributed by atoms with E-state index in [1.807, 2.05) is 28.8 Å². The minimum absolute atomic E-state index is 0.0345. The molecule has 0 radical (unpaired) electrons. The first-order valence-electron chi connectivity index (χ1n) is 26.0. The Labute approximate surface area is 415 Å². The molecule has 1 aliphatic heterocycles. The number of imidazole rings is 1. The van der Waals surface area contributed by atoms with Gasteiger partial charge in [0.1, 0.15) is 25.3 Å². The van der Waals surface area contributed by atoms with Crippen molar-refractivity contribution >= 4 is 34.8 Å². The molecule has 2 N–H and O–H groups in total. The van der Waals surface area contributed by atoms with Crippen molar-refractivity contribution in [3.05, 3.63) is 156 Å². The van der Waals surface area contributed by atoms with Crippen LogP contribution in [0, 0.1) is 0 Å². The predicted octanol–water partition coefficient (Wildman–Crippen LogP) is 12.0. The summed E-state index contributed by atoms with van der Waals surface area (Å²) in [6, 6.07) is 40.2. The summed E-state index contributed by atoms with van der Waals surface area (Å²) in [6.45, 7) is 3.61. The molecule has 2 amide bonds. The number of nitrogens with zero attached hydrogens (tertiary/aromatic N) is 5. The molecule has 0 aliphatic carbocycles. The molecule has 12 nitrogen and oxygen atoms in total. The van der Waals surface area contributed by atoms with Gasteiger partial charge >= 0.3 is 5.97 Å². The largest absolute Gasteiger partial charge is 0.463 e. The Bertz CT molecular complexity index is 2370. The van der Waals surface area contributed by atoms with Crippen molar-refractivity contribution in [2.45, 2.75) is 140 Å². The van der Waals surface area contributed by atoms with E-state index in [1.54, 1.807) is 30.6 Å². The van der Waals surface area contributed by atoms with E-state index in [1.165, 1.54) is 96.2 Å². The fourth-order valence-corrected chi connectivity index (χ4v) is 9.81. The lowest BCUT2D eigenvalue weighted by Gasteiger charge is -2.50. The van der Waals surface area contributed by atoms with E-state index in [0.29, 0.717) is 36.4 Å². The van der Waals surface area contributed by atoms with E-state index < -0.39 is 23.8 Å². The summed E-state index contributed by atoms with van der Waals surface area (Å²) in [5.74, 6) is -0.653. The fraction of sp³-hybridized carbons (Fsp3) is 0.448. The molecule has 12 heteroatoms. The van der Waals surface area contributed by atoms with Gasteiger partial charge in [-0.1, -0.05) is 212 Å². The summed E-state index contributed by atoms with van der Waals surface area (Å²) in [7, 11) is 0. The normalized spacial score (nSPS) is 15.2.